The first kappa shape index (κ1) is 9.84. The molecule has 1 aliphatic carbocycles. The Morgan fingerprint density at radius 1 is 1.08 bits per heavy atom. The summed E-state index contributed by atoms with van der Waals surface area (Å²) >= 11 is 0. The summed E-state index contributed by atoms with van der Waals surface area (Å²) in [5.41, 5.74) is 0. The number of rotatable bonds is 1. The lowest BCUT2D eigenvalue weighted by Gasteiger charge is -2.26. The van der Waals surface area contributed by atoms with E-state index in [1.54, 1.807) is 0 Å². The maximum absolute atomic E-state index is 11.7. The Hall–Kier alpha value is -0.250. The molecule has 0 aromatic rings. The molecule has 1 saturated carbocycles. The second-order valence-electron chi connectivity index (χ2n) is 3.45. The van der Waals surface area contributed by atoms with E-state index in [9.17, 15) is 13.2 Å². The fourth-order valence-corrected chi connectivity index (χ4v) is 1.54. The zero-order valence-electron chi connectivity index (χ0n) is 7.03. The Bertz CT molecular complexity index is 136. The van der Waals surface area contributed by atoms with E-state index in [2.05, 4.69) is 11.7 Å². The Kier molecular flexibility index (Phi) is 2.99. The Morgan fingerprint density at radius 3 is 2.00 bits per heavy atom. The zero-order valence-corrected chi connectivity index (χ0v) is 7.03. The van der Waals surface area contributed by atoms with Crippen LogP contribution in [-0.4, -0.2) is 12.5 Å². The summed E-state index contributed by atoms with van der Waals surface area (Å²) in [7, 11) is 0. The quantitative estimate of drug-likeness (QED) is 0.605. The van der Waals surface area contributed by atoms with Crippen molar-refractivity contribution in [1.29, 1.82) is 0 Å². The van der Waals surface area contributed by atoms with Crippen LogP contribution in [0.5, 0.6) is 0 Å². The van der Waals surface area contributed by atoms with E-state index in [0.29, 0.717) is 18.8 Å². The van der Waals surface area contributed by atoms with Crippen LogP contribution in [0.3, 0.4) is 0 Å². The molecule has 0 radical (unpaired) electrons. The molecule has 0 aromatic heterocycles. The molecule has 1 nitrogen and oxygen atoms in total. The third-order valence-corrected chi connectivity index (χ3v) is 2.26. The van der Waals surface area contributed by atoms with Gasteiger partial charge in [-0.3, -0.25) is 4.74 Å². The predicted octanol–water partition coefficient (Wildman–Crippen LogP) is 3.10. The van der Waals surface area contributed by atoms with Gasteiger partial charge in [-0.05, 0) is 31.6 Å². The summed E-state index contributed by atoms with van der Waals surface area (Å²) in [4.78, 5) is 0. The van der Waals surface area contributed by atoms with Gasteiger partial charge in [-0.1, -0.05) is 6.92 Å². The van der Waals surface area contributed by atoms with Crippen molar-refractivity contribution in [2.45, 2.75) is 45.1 Å². The lowest BCUT2D eigenvalue weighted by molar-refractivity contribution is -0.345. The third-order valence-electron chi connectivity index (χ3n) is 2.26. The normalized spacial score (nSPS) is 32.0. The van der Waals surface area contributed by atoms with Gasteiger partial charge in [0.2, 0.25) is 0 Å². The van der Waals surface area contributed by atoms with Crippen molar-refractivity contribution in [2.24, 2.45) is 5.92 Å². The van der Waals surface area contributed by atoms with E-state index in [4.69, 9.17) is 0 Å². The fourth-order valence-electron chi connectivity index (χ4n) is 1.54. The van der Waals surface area contributed by atoms with Crippen LogP contribution in [0.4, 0.5) is 13.2 Å². The average molecular weight is 182 g/mol. The molecule has 0 heterocycles. The number of halogens is 3. The standard InChI is InChI=1S/C8H13F3O/c1-6-2-4-7(5-3-6)12-8(9,10)11/h6-7H,2-5H2,1H3/t6-,7-. The highest BCUT2D eigenvalue weighted by molar-refractivity contribution is 4.70. The van der Waals surface area contributed by atoms with Crippen molar-refractivity contribution in [3.05, 3.63) is 0 Å². The summed E-state index contributed by atoms with van der Waals surface area (Å²) in [5.74, 6) is 0.554. The van der Waals surface area contributed by atoms with Gasteiger partial charge in [-0.25, -0.2) is 0 Å². The van der Waals surface area contributed by atoms with Crippen LogP contribution in [-0.2, 0) is 4.74 Å². The molecule has 0 aliphatic heterocycles. The van der Waals surface area contributed by atoms with Gasteiger partial charge in [0.15, 0.2) is 0 Å². The van der Waals surface area contributed by atoms with Gasteiger partial charge >= 0.3 is 6.36 Å². The van der Waals surface area contributed by atoms with E-state index in [1.165, 1.54) is 0 Å². The van der Waals surface area contributed by atoms with Crippen molar-refractivity contribution in [2.75, 3.05) is 0 Å². The summed E-state index contributed by atoms with van der Waals surface area (Å²) in [6.45, 7) is 2.06. The Labute approximate surface area is 69.9 Å². The van der Waals surface area contributed by atoms with Crippen LogP contribution >= 0.6 is 0 Å². The van der Waals surface area contributed by atoms with E-state index in [-0.39, 0.29) is 0 Å². The highest BCUT2D eigenvalue weighted by atomic mass is 19.4. The second kappa shape index (κ2) is 3.64. The number of alkyl halides is 3. The molecule has 0 amide bonds. The molecule has 12 heavy (non-hydrogen) atoms. The summed E-state index contributed by atoms with van der Waals surface area (Å²) in [6, 6.07) is 0. The first-order valence-electron chi connectivity index (χ1n) is 4.22. The lowest BCUT2D eigenvalue weighted by Crippen LogP contribution is -2.27. The smallest absolute Gasteiger partial charge is 0.289 e. The van der Waals surface area contributed by atoms with Crippen molar-refractivity contribution < 1.29 is 17.9 Å². The first-order valence-corrected chi connectivity index (χ1v) is 4.22. The number of hydrogen-bond acceptors (Lipinski definition) is 1. The second-order valence-corrected chi connectivity index (χ2v) is 3.45. The van der Waals surface area contributed by atoms with Crippen LogP contribution < -0.4 is 0 Å². The Balaban J connectivity index is 2.26. The fraction of sp³-hybridized carbons (Fsp3) is 1.00. The summed E-state index contributed by atoms with van der Waals surface area (Å²) < 4.78 is 39.1. The molecule has 0 aromatic carbocycles. The van der Waals surface area contributed by atoms with E-state index in [0.717, 1.165) is 12.8 Å². The van der Waals surface area contributed by atoms with Crippen molar-refractivity contribution in [3.8, 4) is 0 Å². The maximum Gasteiger partial charge on any atom is 0.522 e. The van der Waals surface area contributed by atoms with Crippen LogP contribution in [0.25, 0.3) is 0 Å². The average Bonchev–Trinajstić information content (AvgIpc) is 1.91. The minimum Gasteiger partial charge on any atom is -0.289 e. The van der Waals surface area contributed by atoms with Gasteiger partial charge in [0.25, 0.3) is 0 Å². The molecule has 0 atom stereocenters. The Morgan fingerprint density at radius 2 is 1.58 bits per heavy atom. The van der Waals surface area contributed by atoms with E-state index >= 15 is 0 Å². The monoisotopic (exact) mass is 182 g/mol. The predicted molar refractivity (Wildman–Crippen MR) is 38.6 cm³/mol. The van der Waals surface area contributed by atoms with E-state index in [1.807, 2.05) is 0 Å². The zero-order chi connectivity index (χ0) is 9.19. The van der Waals surface area contributed by atoms with Gasteiger partial charge in [-0.2, -0.15) is 0 Å². The largest absolute Gasteiger partial charge is 0.522 e. The van der Waals surface area contributed by atoms with Crippen LogP contribution in [0.2, 0.25) is 0 Å². The molecule has 0 spiro atoms. The minimum absolute atomic E-state index is 0.542. The highest BCUT2D eigenvalue weighted by Crippen LogP contribution is 2.30. The minimum atomic E-state index is -4.45. The molecule has 0 unspecified atom stereocenters. The van der Waals surface area contributed by atoms with Crippen LogP contribution in [0.1, 0.15) is 32.6 Å². The van der Waals surface area contributed by atoms with Crippen LogP contribution in [0.15, 0.2) is 0 Å². The van der Waals surface area contributed by atoms with Crippen molar-refractivity contribution >= 4 is 0 Å². The molecule has 1 rings (SSSR count). The molecule has 4 heteroatoms. The SMILES string of the molecule is C[C@H]1CC[C@H](OC(F)(F)F)CC1. The van der Waals surface area contributed by atoms with Crippen molar-refractivity contribution in [3.63, 3.8) is 0 Å². The van der Waals surface area contributed by atoms with Crippen LogP contribution in [0, 0.1) is 5.92 Å². The van der Waals surface area contributed by atoms with Gasteiger partial charge in [0.05, 0.1) is 6.10 Å². The van der Waals surface area contributed by atoms with Gasteiger partial charge in [0, 0.05) is 0 Å². The molecular formula is C8H13F3O. The van der Waals surface area contributed by atoms with Gasteiger partial charge in [-0.15, -0.1) is 13.2 Å². The number of ether oxygens (including phenoxy) is 1. The third kappa shape index (κ3) is 3.43. The van der Waals surface area contributed by atoms with E-state index < -0.39 is 12.5 Å². The molecule has 1 fully saturated rings. The maximum atomic E-state index is 11.7. The molecular weight excluding hydrogens is 169 g/mol. The van der Waals surface area contributed by atoms with Gasteiger partial charge in [0.1, 0.15) is 0 Å². The molecule has 1 aliphatic rings. The summed E-state index contributed by atoms with van der Waals surface area (Å²) in [5, 5.41) is 0. The first-order chi connectivity index (χ1) is 5.47. The highest BCUT2D eigenvalue weighted by Gasteiger charge is 2.34. The topological polar surface area (TPSA) is 9.23 Å². The molecule has 0 saturated heterocycles. The lowest BCUT2D eigenvalue weighted by atomic mass is 9.89. The molecule has 72 valence electrons. The van der Waals surface area contributed by atoms with Crippen molar-refractivity contribution in [1.82, 2.24) is 0 Å². The summed E-state index contributed by atoms with van der Waals surface area (Å²) in [6.07, 6.45) is -2.27. The molecule has 0 N–H and O–H groups in total. The molecule has 0 bridgehead atoms. The number of hydrogen-bond donors (Lipinski definition) is 0. The van der Waals surface area contributed by atoms with Gasteiger partial charge < -0.3 is 0 Å².